The van der Waals surface area contributed by atoms with E-state index in [2.05, 4.69) is 37.9 Å². The van der Waals surface area contributed by atoms with Crippen molar-refractivity contribution >= 4 is 33.2 Å². The molecule has 0 bridgehead atoms. The van der Waals surface area contributed by atoms with Crippen LogP contribution in [0.4, 0.5) is 10.1 Å². The summed E-state index contributed by atoms with van der Waals surface area (Å²) in [5.74, 6) is -0.910. The molecule has 6 nitrogen and oxygen atoms in total. The Hall–Kier alpha value is -2.16. The monoisotopic (exact) mass is 469 g/mol. The van der Waals surface area contributed by atoms with Gasteiger partial charge in [0.1, 0.15) is 5.82 Å². The number of amides is 1. The number of sulfonamides is 1. The van der Waals surface area contributed by atoms with E-state index in [0.29, 0.717) is 30.9 Å². The van der Waals surface area contributed by atoms with Crippen LogP contribution >= 0.6 is 11.6 Å². The molecule has 0 aliphatic heterocycles. The zero-order valence-corrected chi connectivity index (χ0v) is 20.0. The molecule has 0 heterocycles. The van der Waals surface area contributed by atoms with Crippen molar-refractivity contribution in [2.75, 3.05) is 24.4 Å². The molecule has 1 N–H and O–H groups in total. The molecule has 0 aliphatic carbocycles. The van der Waals surface area contributed by atoms with Gasteiger partial charge in [-0.1, -0.05) is 11.6 Å². The molecule has 0 fully saturated rings. The van der Waals surface area contributed by atoms with Crippen LogP contribution in [0, 0.1) is 5.82 Å². The summed E-state index contributed by atoms with van der Waals surface area (Å²) in [6, 6.07) is 9.74. The maximum absolute atomic E-state index is 13.2. The molecule has 31 heavy (non-hydrogen) atoms. The number of anilines is 1. The van der Waals surface area contributed by atoms with Crippen LogP contribution in [-0.2, 0) is 10.0 Å². The van der Waals surface area contributed by atoms with Crippen LogP contribution in [0.2, 0.25) is 5.02 Å². The van der Waals surface area contributed by atoms with Crippen molar-refractivity contribution in [2.24, 2.45) is 0 Å². The Labute approximate surface area is 189 Å². The van der Waals surface area contributed by atoms with E-state index < -0.39 is 21.7 Å². The lowest BCUT2D eigenvalue weighted by Crippen LogP contribution is -2.42. The number of halogens is 2. The largest absolute Gasteiger partial charge is 0.351 e. The summed E-state index contributed by atoms with van der Waals surface area (Å²) in [6.45, 7) is 9.41. The minimum atomic E-state index is -3.97. The predicted octanol–water partition coefficient (Wildman–Crippen LogP) is 4.15. The van der Waals surface area contributed by atoms with Gasteiger partial charge in [0.25, 0.3) is 15.9 Å². The summed E-state index contributed by atoms with van der Waals surface area (Å²) in [7, 11) is -2.61. The number of benzene rings is 2. The van der Waals surface area contributed by atoms with Gasteiger partial charge in [0.15, 0.2) is 0 Å². The third-order valence-electron chi connectivity index (χ3n) is 5.01. The number of nitrogens with zero attached hydrogens (tertiary/aromatic N) is 2. The first-order valence-electron chi connectivity index (χ1n) is 10.0. The summed E-state index contributed by atoms with van der Waals surface area (Å²) in [6.07, 6.45) is 0. The summed E-state index contributed by atoms with van der Waals surface area (Å²) < 4.78 is 40.2. The maximum atomic E-state index is 13.2. The average Bonchev–Trinajstić information content (AvgIpc) is 2.70. The Bertz CT molecular complexity index is 1000. The third kappa shape index (κ3) is 6.18. The van der Waals surface area contributed by atoms with Gasteiger partial charge in [-0.25, -0.2) is 12.8 Å². The van der Waals surface area contributed by atoms with Gasteiger partial charge >= 0.3 is 0 Å². The van der Waals surface area contributed by atoms with Gasteiger partial charge < -0.3 is 5.32 Å². The molecule has 0 radical (unpaired) electrons. The van der Waals surface area contributed by atoms with E-state index in [0.717, 1.165) is 4.31 Å². The van der Waals surface area contributed by atoms with Crippen LogP contribution in [0.1, 0.15) is 38.1 Å². The first kappa shape index (κ1) is 25.1. The highest BCUT2D eigenvalue weighted by atomic mass is 35.5. The zero-order valence-electron chi connectivity index (χ0n) is 18.4. The molecule has 0 unspecified atom stereocenters. The SMILES string of the molecule is CC(C)N(CCNC(=O)c1cc(S(=O)(=O)N(C)c2ccc(F)cc2)ccc1Cl)C(C)C. The molecular weight excluding hydrogens is 441 g/mol. The van der Waals surface area contributed by atoms with Gasteiger partial charge in [-0.05, 0) is 70.2 Å². The second-order valence-corrected chi connectivity index (χ2v) is 10.1. The highest BCUT2D eigenvalue weighted by molar-refractivity contribution is 7.92. The van der Waals surface area contributed by atoms with Crippen LogP contribution < -0.4 is 9.62 Å². The first-order chi connectivity index (χ1) is 14.4. The van der Waals surface area contributed by atoms with Crippen molar-refractivity contribution in [3.8, 4) is 0 Å². The number of nitrogens with one attached hydrogen (secondary N) is 1. The molecule has 2 aromatic rings. The van der Waals surface area contributed by atoms with Crippen LogP contribution in [0.3, 0.4) is 0 Å². The topological polar surface area (TPSA) is 69.7 Å². The molecule has 0 atom stereocenters. The van der Waals surface area contributed by atoms with Crippen molar-refractivity contribution in [2.45, 2.75) is 44.7 Å². The van der Waals surface area contributed by atoms with Crippen LogP contribution in [0.25, 0.3) is 0 Å². The molecule has 0 spiro atoms. The Kier molecular flexibility index (Phi) is 8.45. The minimum absolute atomic E-state index is 0.0795. The summed E-state index contributed by atoms with van der Waals surface area (Å²) in [4.78, 5) is 14.8. The van der Waals surface area contributed by atoms with Gasteiger partial charge in [0, 0.05) is 32.2 Å². The van der Waals surface area contributed by atoms with E-state index in [4.69, 9.17) is 11.6 Å². The van der Waals surface area contributed by atoms with Crippen molar-refractivity contribution in [3.05, 3.63) is 58.9 Å². The van der Waals surface area contributed by atoms with Gasteiger partial charge in [-0.2, -0.15) is 0 Å². The zero-order chi connectivity index (χ0) is 23.3. The number of carbonyl (C=O) groups is 1. The van der Waals surface area contributed by atoms with Gasteiger partial charge in [-0.15, -0.1) is 0 Å². The highest BCUT2D eigenvalue weighted by Gasteiger charge is 2.24. The van der Waals surface area contributed by atoms with E-state index in [1.54, 1.807) is 0 Å². The van der Waals surface area contributed by atoms with Gasteiger partial charge in [0.2, 0.25) is 0 Å². The Morgan fingerprint density at radius 3 is 2.19 bits per heavy atom. The molecule has 2 rings (SSSR count). The molecular formula is C22H29ClFN3O3S. The number of carbonyl (C=O) groups excluding carboxylic acids is 1. The van der Waals surface area contributed by atoms with E-state index in [9.17, 15) is 17.6 Å². The number of hydrogen-bond donors (Lipinski definition) is 1. The molecule has 0 aliphatic rings. The highest BCUT2D eigenvalue weighted by Crippen LogP contribution is 2.26. The van der Waals surface area contributed by atoms with Crippen LogP contribution in [0.5, 0.6) is 0 Å². The lowest BCUT2D eigenvalue weighted by atomic mass is 10.2. The normalized spacial score (nSPS) is 11.9. The second kappa shape index (κ2) is 10.4. The number of hydrogen-bond acceptors (Lipinski definition) is 4. The van der Waals surface area contributed by atoms with Crippen molar-refractivity contribution in [3.63, 3.8) is 0 Å². The lowest BCUT2D eigenvalue weighted by Gasteiger charge is -2.30. The second-order valence-electron chi connectivity index (χ2n) is 7.77. The smallest absolute Gasteiger partial charge is 0.264 e. The maximum Gasteiger partial charge on any atom is 0.264 e. The molecule has 170 valence electrons. The lowest BCUT2D eigenvalue weighted by molar-refractivity contribution is 0.0939. The van der Waals surface area contributed by atoms with E-state index >= 15 is 0 Å². The first-order valence-corrected chi connectivity index (χ1v) is 11.8. The third-order valence-corrected chi connectivity index (χ3v) is 7.12. The summed E-state index contributed by atoms with van der Waals surface area (Å²) >= 11 is 6.18. The quantitative estimate of drug-likeness (QED) is 0.598. The van der Waals surface area contributed by atoms with Crippen molar-refractivity contribution in [1.82, 2.24) is 10.2 Å². The number of rotatable bonds is 9. The average molecular weight is 470 g/mol. The Balaban J connectivity index is 2.20. The molecule has 0 aromatic heterocycles. The summed E-state index contributed by atoms with van der Waals surface area (Å²) in [5, 5.41) is 2.97. The fraction of sp³-hybridized carbons (Fsp3) is 0.409. The van der Waals surface area contributed by atoms with E-state index in [-0.39, 0.29) is 15.5 Å². The van der Waals surface area contributed by atoms with E-state index in [1.807, 2.05) is 0 Å². The fourth-order valence-electron chi connectivity index (χ4n) is 3.29. The van der Waals surface area contributed by atoms with E-state index in [1.165, 1.54) is 49.5 Å². The molecule has 2 aromatic carbocycles. The molecule has 0 saturated carbocycles. The predicted molar refractivity (Wildman–Crippen MR) is 123 cm³/mol. The van der Waals surface area contributed by atoms with Gasteiger partial charge in [0.05, 0.1) is 21.2 Å². The fourth-order valence-corrected chi connectivity index (χ4v) is 4.72. The molecule has 1 amide bonds. The summed E-state index contributed by atoms with van der Waals surface area (Å²) in [5.41, 5.74) is 0.376. The van der Waals surface area contributed by atoms with Crippen LogP contribution in [0.15, 0.2) is 47.4 Å². The molecule has 0 saturated heterocycles. The Morgan fingerprint density at radius 2 is 1.65 bits per heavy atom. The standard InChI is InChI=1S/C22H29ClFN3O3S/c1-15(2)27(16(3)4)13-12-25-22(28)20-14-19(10-11-21(20)23)31(29,30)26(5)18-8-6-17(24)7-9-18/h6-11,14-16H,12-13H2,1-5H3,(H,25,28). The van der Waals surface area contributed by atoms with Crippen LogP contribution in [-0.4, -0.2) is 51.4 Å². The van der Waals surface area contributed by atoms with Crippen molar-refractivity contribution < 1.29 is 17.6 Å². The Morgan fingerprint density at radius 1 is 1.06 bits per heavy atom. The van der Waals surface area contributed by atoms with Gasteiger partial charge in [-0.3, -0.25) is 14.0 Å². The minimum Gasteiger partial charge on any atom is -0.351 e. The molecule has 9 heteroatoms. The van der Waals surface area contributed by atoms with Crippen molar-refractivity contribution in [1.29, 1.82) is 0 Å².